The Bertz CT molecular complexity index is 672. The highest BCUT2D eigenvalue weighted by atomic mass is 19.1. The number of carbonyl (C=O) groups excluding carboxylic acids is 4. The minimum Gasteiger partial charge on any atom is -0.354 e. The van der Waals surface area contributed by atoms with E-state index in [1.165, 1.54) is 12.1 Å². The van der Waals surface area contributed by atoms with E-state index in [1.54, 1.807) is 26.0 Å². The summed E-state index contributed by atoms with van der Waals surface area (Å²) < 4.78 is 12.8. The van der Waals surface area contributed by atoms with Crippen molar-refractivity contribution in [2.24, 2.45) is 0 Å². The minimum atomic E-state index is -0.998. The Balaban J connectivity index is 1.86. The van der Waals surface area contributed by atoms with Crippen molar-refractivity contribution in [2.75, 3.05) is 13.1 Å². The molecule has 2 rings (SSSR count). The predicted octanol–water partition coefficient (Wildman–Crippen LogP) is 0.684. The van der Waals surface area contributed by atoms with Gasteiger partial charge in [-0.1, -0.05) is 12.1 Å². The van der Waals surface area contributed by atoms with Crippen LogP contribution < -0.4 is 5.32 Å². The summed E-state index contributed by atoms with van der Waals surface area (Å²) in [5.74, 6) is -2.80. The molecule has 0 aliphatic carbocycles. The van der Waals surface area contributed by atoms with Crippen molar-refractivity contribution in [3.63, 3.8) is 0 Å². The van der Waals surface area contributed by atoms with Crippen LogP contribution in [0.2, 0.25) is 0 Å². The molecule has 1 saturated heterocycles. The largest absolute Gasteiger partial charge is 0.354 e. The van der Waals surface area contributed by atoms with Crippen molar-refractivity contribution >= 4 is 23.8 Å². The fraction of sp³-hybridized carbons (Fsp3) is 0.375. The van der Waals surface area contributed by atoms with E-state index < -0.39 is 36.3 Å². The van der Waals surface area contributed by atoms with Crippen molar-refractivity contribution in [1.82, 2.24) is 15.1 Å². The number of halogens is 1. The normalized spacial score (nSPS) is 14.8. The van der Waals surface area contributed by atoms with E-state index in [-0.39, 0.29) is 12.4 Å². The number of nitrogens with one attached hydrogen (secondary N) is 1. The van der Waals surface area contributed by atoms with Gasteiger partial charge in [-0.2, -0.15) is 0 Å². The second-order valence-electron chi connectivity index (χ2n) is 5.67. The number of benzene rings is 1. The average Bonchev–Trinajstić information content (AvgIpc) is 2.73. The molecule has 0 radical (unpaired) electrons. The Morgan fingerprint density at radius 3 is 2.29 bits per heavy atom. The summed E-state index contributed by atoms with van der Waals surface area (Å²) in [7, 11) is 0. The summed E-state index contributed by atoms with van der Waals surface area (Å²) in [6, 6.07) is 4.62. The van der Waals surface area contributed by atoms with E-state index in [1.807, 2.05) is 0 Å². The number of nitrogens with zero attached hydrogens (tertiary/aromatic N) is 2. The van der Waals surface area contributed by atoms with Crippen LogP contribution in [0.4, 0.5) is 9.18 Å². The number of amides is 5. The van der Waals surface area contributed by atoms with Gasteiger partial charge in [0.15, 0.2) is 0 Å². The molecule has 128 valence electrons. The van der Waals surface area contributed by atoms with Gasteiger partial charge in [0.1, 0.15) is 12.4 Å². The van der Waals surface area contributed by atoms with E-state index in [0.29, 0.717) is 11.3 Å². The Morgan fingerprint density at radius 1 is 1.12 bits per heavy atom. The lowest BCUT2D eigenvalue weighted by Gasteiger charge is -2.18. The zero-order chi connectivity index (χ0) is 17.9. The highest BCUT2D eigenvalue weighted by Gasteiger charge is 2.46. The summed E-state index contributed by atoms with van der Waals surface area (Å²) in [6.45, 7) is 2.98. The lowest BCUT2D eigenvalue weighted by Crippen LogP contribution is -2.42. The molecule has 1 aromatic carbocycles. The molecule has 0 aromatic heterocycles. The summed E-state index contributed by atoms with van der Waals surface area (Å²) in [6.07, 6.45) is 0.477. The van der Waals surface area contributed by atoms with Gasteiger partial charge >= 0.3 is 17.8 Å². The smallest absolute Gasteiger partial charge is 0.334 e. The van der Waals surface area contributed by atoms with Gasteiger partial charge in [-0.3, -0.25) is 19.3 Å². The zero-order valence-corrected chi connectivity index (χ0v) is 13.4. The van der Waals surface area contributed by atoms with Crippen LogP contribution in [0, 0.1) is 5.82 Å². The minimum absolute atomic E-state index is 0.266. The third kappa shape index (κ3) is 3.76. The number of hydrogen-bond donors (Lipinski definition) is 1. The maximum absolute atomic E-state index is 12.8. The number of rotatable bonds is 6. The average molecular weight is 335 g/mol. The summed E-state index contributed by atoms with van der Waals surface area (Å²) in [5, 5.41) is 2.56. The standard InChI is InChI=1S/C16H18FN3O4/c1-10(2)20-15(23)14(22)19(16(20)24)9-13(21)18-8-7-11-3-5-12(17)6-4-11/h3-6,10H,7-9H2,1-2H3,(H,18,21). The molecule has 8 heteroatoms. The monoisotopic (exact) mass is 335 g/mol. The second-order valence-corrected chi connectivity index (χ2v) is 5.67. The van der Waals surface area contributed by atoms with Crippen LogP contribution >= 0.6 is 0 Å². The van der Waals surface area contributed by atoms with Gasteiger partial charge in [-0.15, -0.1) is 0 Å². The molecule has 1 aliphatic heterocycles. The van der Waals surface area contributed by atoms with E-state index in [0.717, 1.165) is 10.5 Å². The van der Waals surface area contributed by atoms with Gasteiger partial charge in [0.2, 0.25) is 5.91 Å². The molecule has 5 amide bonds. The first kappa shape index (κ1) is 17.6. The van der Waals surface area contributed by atoms with Gasteiger partial charge in [0, 0.05) is 12.6 Å². The Morgan fingerprint density at radius 2 is 1.75 bits per heavy atom. The highest BCUT2D eigenvalue weighted by molar-refractivity contribution is 6.45. The Labute approximate surface area is 138 Å². The fourth-order valence-corrected chi connectivity index (χ4v) is 2.31. The van der Waals surface area contributed by atoms with Crippen molar-refractivity contribution in [2.45, 2.75) is 26.3 Å². The first-order chi connectivity index (χ1) is 11.3. The van der Waals surface area contributed by atoms with E-state index in [2.05, 4.69) is 5.32 Å². The van der Waals surface area contributed by atoms with Crippen LogP contribution in [-0.4, -0.2) is 52.7 Å². The van der Waals surface area contributed by atoms with Crippen LogP contribution in [0.25, 0.3) is 0 Å². The summed E-state index contributed by atoms with van der Waals surface area (Å²) >= 11 is 0. The molecule has 1 aliphatic rings. The van der Waals surface area contributed by atoms with Crippen LogP contribution in [0.1, 0.15) is 19.4 Å². The van der Waals surface area contributed by atoms with Crippen molar-refractivity contribution in [3.8, 4) is 0 Å². The lowest BCUT2D eigenvalue weighted by atomic mass is 10.1. The molecule has 1 heterocycles. The van der Waals surface area contributed by atoms with Crippen LogP contribution in [0.15, 0.2) is 24.3 Å². The van der Waals surface area contributed by atoms with Crippen molar-refractivity contribution in [1.29, 1.82) is 0 Å². The van der Waals surface area contributed by atoms with Gasteiger partial charge in [0.25, 0.3) is 0 Å². The SMILES string of the molecule is CC(C)N1C(=O)C(=O)N(CC(=O)NCCc2ccc(F)cc2)C1=O. The fourth-order valence-electron chi connectivity index (χ4n) is 2.31. The van der Waals surface area contributed by atoms with Crippen molar-refractivity contribution in [3.05, 3.63) is 35.6 Å². The maximum Gasteiger partial charge on any atom is 0.334 e. The van der Waals surface area contributed by atoms with E-state index in [4.69, 9.17) is 0 Å². The molecular weight excluding hydrogens is 317 g/mol. The molecule has 1 N–H and O–H groups in total. The molecule has 1 fully saturated rings. The molecule has 0 unspecified atom stereocenters. The van der Waals surface area contributed by atoms with E-state index in [9.17, 15) is 23.6 Å². The van der Waals surface area contributed by atoms with Gasteiger partial charge < -0.3 is 5.32 Å². The highest BCUT2D eigenvalue weighted by Crippen LogP contribution is 2.14. The zero-order valence-electron chi connectivity index (χ0n) is 13.4. The molecule has 0 spiro atoms. The number of hydrogen-bond acceptors (Lipinski definition) is 4. The van der Waals surface area contributed by atoms with Crippen LogP contribution in [0.5, 0.6) is 0 Å². The molecule has 1 aromatic rings. The quantitative estimate of drug-likeness (QED) is 0.612. The second kappa shape index (κ2) is 7.20. The topological polar surface area (TPSA) is 86.8 Å². The Hall–Kier alpha value is -2.77. The molecule has 0 atom stereocenters. The van der Waals surface area contributed by atoms with Crippen LogP contribution in [0.3, 0.4) is 0 Å². The first-order valence-electron chi connectivity index (χ1n) is 7.51. The van der Waals surface area contributed by atoms with Gasteiger partial charge in [0.05, 0.1) is 0 Å². The number of carbonyl (C=O) groups is 4. The van der Waals surface area contributed by atoms with Crippen molar-refractivity contribution < 1.29 is 23.6 Å². The third-order valence-electron chi connectivity index (χ3n) is 3.55. The lowest BCUT2D eigenvalue weighted by molar-refractivity contribution is -0.144. The first-order valence-corrected chi connectivity index (χ1v) is 7.51. The molecule has 24 heavy (non-hydrogen) atoms. The van der Waals surface area contributed by atoms with E-state index >= 15 is 0 Å². The predicted molar refractivity (Wildman–Crippen MR) is 82.2 cm³/mol. The molecule has 0 bridgehead atoms. The van der Waals surface area contributed by atoms with Gasteiger partial charge in [-0.25, -0.2) is 14.1 Å². The summed E-state index contributed by atoms with van der Waals surface area (Å²) in [4.78, 5) is 48.9. The molecule has 0 saturated carbocycles. The maximum atomic E-state index is 12.8. The molecule has 7 nitrogen and oxygen atoms in total. The molecular formula is C16H18FN3O4. The van der Waals surface area contributed by atoms with Crippen LogP contribution in [-0.2, 0) is 20.8 Å². The summed E-state index contributed by atoms with van der Waals surface area (Å²) in [5.41, 5.74) is 0.839. The van der Waals surface area contributed by atoms with Gasteiger partial charge in [-0.05, 0) is 38.0 Å². The number of urea groups is 1. The Kier molecular flexibility index (Phi) is 5.28. The third-order valence-corrected chi connectivity index (χ3v) is 3.55. The number of imide groups is 2.